The molecule has 19 heteroatoms. The molecule has 210 valence electrons. The summed E-state index contributed by atoms with van der Waals surface area (Å²) in [7, 11) is 0. The molecule has 0 spiro atoms. The van der Waals surface area contributed by atoms with Crippen LogP contribution in [0.1, 0.15) is 6.42 Å². The van der Waals surface area contributed by atoms with Gasteiger partial charge in [-0.15, -0.1) is 0 Å². The Morgan fingerprint density at radius 1 is 0.921 bits per heavy atom. The van der Waals surface area contributed by atoms with E-state index in [-0.39, 0.29) is 18.9 Å². The van der Waals surface area contributed by atoms with Crippen LogP contribution in [0.5, 0.6) is 0 Å². The molecule has 0 bridgehead atoms. The zero-order valence-electron chi connectivity index (χ0n) is 20.2. The van der Waals surface area contributed by atoms with Crippen LogP contribution in [0.4, 0.5) is 4.79 Å². The van der Waals surface area contributed by atoms with Gasteiger partial charge in [0.25, 0.3) is 5.91 Å². The number of carbonyl (C=O) groups excluding carboxylic acids is 6. The highest BCUT2D eigenvalue weighted by molar-refractivity contribution is 6.03. The quantitative estimate of drug-likeness (QED) is 0.145. The Balaban J connectivity index is 2.53. The van der Waals surface area contributed by atoms with Crippen LogP contribution in [-0.4, -0.2) is 103 Å². The third-order valence-electron chi connectivity index (χ3n) is 5.44. The molecule has 2 rings (SSSR count). The number of carbonyl (C=O) groups is 6. The van der Waals surface area contributed by atoms with E-state index in [9.17, 15) is 33.9 Å². The minimum absolute atomic E-state index is 0.00654. The molecule has 1 fully saturated rings. The van der Waals surface area contributed by atoms with Gasteiger partial charge in [0.1, 0.15) is 29.9 Å². The standard InChI is InChI=1S/C19H32N12O7/c20-3-8-13(33)28-10(5-25-19(23)38)15(35)31-12(7-1-2-24-18(22)30-7)17(37)27-9(4-21)14(34)29-11(6-32)16(36)26-8/h5,7-9,11-12,32H,1-4,6,20-21H2,(H,26,36)(H,27,37)(H,28,33)(H,29,34)(H,31,35)(H3,22,24,30)(H3,23,25,38)/b10-5-/t7?,8-,9-,11-,12-/m0/s1. The number of nitrogens with one attached hydrogen (secondary N) is 7. The second-order valence-electron chi connectivity index (χ2n) is 8.15. The largest absolute Gasteiger partial charge is 0.394 e. The summed E-state index contributed by atoms with van der Waals surface area (Å²) in [5.41, 5.74) is 21.4. The van der Waals surface area contributed by atoms with Gasteiger partial charge in [0.2, 0.25) is 23.6 Å². The fourth-order valence-corrected chi connectivity index (χ4v) is 3.43. The summed E-state index contributed by atoms with van der Waals surface area (Å²) in [5.74, 6) is -4.87. The van der Waals surface area contributed by atoms with E-state index in [2.05, 4.69) is 36.9 Å². The number of aliphatic hydroxyl groups excluding tert-OH is 1. The van der Waals surface area contributed by atoms with Crippen LogP contribution in [0, 0.1) is 0 Å². The third-order valence-corrected chi connectivity index (χ3v) is 5.44. The molecule has 2 heterocycles. The fraction of sp³-hybridized carbons (Fsp3) is 0.526. The number of amides is 7. The molecule has 0 radical (unpaired) electrons. The van der Waals surface area contributed by atoms with Crippen molar-refractivity contribution in [1.29, 1.82) is 0 Å². The second kappa shape index (κ2) is 13.7. The van der Waals surface area contributed by atoms with Crippen molar-refractivity contribution in [2.75, 3.05) is 26.2 Å². The molecule has 38 heavy (non-hydrogen) atoms. The van der Waals surface area contributed by atoms with Gasteiger partial charge in [0.05, 0.1) is 12.6 Å². The highest BCUT2D eigenvalue weighted by Gasteiger charge is 2.36. The third kappa shape index (κ3) is 8.01. The minimum Gasteiger partial charge on any atom is -0.394 e. The van der Waals surface area contributed by atoms with Gasteiger partial charge in [-0.25, -0.2) is 4.79 Å². The van der Waals surface area contributed by atoms with Gasteiger partial charge < -0.3 is 65.3 Å². The van der Waals surface area contributed by atoms with E-state index in [4.69, 9.17) is 22.9 Å². The van der Waals surface area contributed by atoms with Gasteiger partial charge >= 0.3 is 6.03 Å². The molecular formula is C19H32N12O7. The number of nitrogens with two attached hydrogens (primary N) is 4. The number of urea groups is 1. The maximum absolute atomic E-state index is 13.2. The summed E-state index contributed by atoms with van der Waals surface area (Å²) in [4.78, 5) is 79.8. The molecule has 2 aliphatic rings. The summed E-state index contributed by atoms with van der Waals surface area (Å²) >= 11 is 0. The Labute approximate surface area is 215 Å². The second-order valence-corrected chi connectivity index (χ2v) is 8.15. The lowest BCUT2D eigenvalue weighted by molar-refractivity contribution is -0.134. The predicted molar refractivity (Wildman–Crippen MR) is 130 cm³/mol. The number of rotatable bonds is 5. The lowest BCUT2D eigenvalue weighted by Crippen LogP contribution is -2.64. The minimum atomic E-state index is -1.54. The number of guanidine groups is 1. The monoisotopic (exact) mass is 540 g/mol. The van der Waals surface area contributed by atoms with Crippen LogP contribution in [-0.2, 0) is 24.0 Å². The molecule has 0 saturated carbocycles. The zero-order valence-corrected chi connectivity index (χ0v) is 20.2. The van der Waals surface area contributed by atoms with Crippen LogP contribution in [0.2, 0.25) is 0 Å². The topological polar surface area (TPSA) is 323 Å². The lowest BCUT2D eigenvalue weighted by atomic mass is 10.0. The predicted octanol–water partition coefficient (Wildman–Crippen LogP) is -7.85. The van der Waals surface area contributed by atoms with Crippen LogP contribution < -0.4 is 60.2 Å². The molecule has 2 aliphatic heterocycles. The first-order chi connectivity index (χ1) is 18.0. The van der Waals surface area contributed by atoms with Crippen LogP contribution >= 0.6 is 0 Å². The maximum atomic E-state index is 13.2. The average molecular weight is 541 g/mol. The first-order valence-corrected chi connectivity index (χ1v) is 11.4. The van der Waals surface area contributed by atoms with Crippen LogP contribution in [0.15, 0.2) is 16.9 Å². The first kappa shape index (κ1) is 29.7. The van der Waals surface area contributed by atoms with Crippen molar-refractivity contribution in [3.8, 4) is 0 Å². The number of aliphatic imine (C=N–C) groups is 1. The van der Waals surface area contributed by atoms with E-state index < -0.39 is 91.2 Å². The van der Waals surface area contributed by atoms with Gasteiger partial charge in [-0.1, -0.05) is 0 Å². The molecule has 19 nitrogen and oxygen atoms in total. The van der Waals surface area contributed by atoms with E-state index in [0.717, 1.165) is 6.20 Å². The summed E-state index contributed by atoms with van der Waals surface area (Å²) in [6.45, 7) is -1.54. The fourth-order valence-electron chi connectivity index (χ4n) is 3.43. The van der Waals surface area contributed by atoms with Gasteiger partial charge in [0, 0.05) is 25.8 Å². The normalized spacial score (nSPS) is 28.7. The van der Waals surface area contributed by atoms with Gasteiger partial charge in [0.15, 0.2) is 5.96 Å². The van der Waals surface area contributed by atoms with Gasteiger partial charge in [-0.3, -0.25) is 29.0 Å². The zero-order chi connectivity index (χ0) is 28.4. The number of primary amides is 1. The van der Waals surface area contributed by atoms with Crippen LogP contribution in [0.3, 0.4) is 0 Å². The Morgan fingerprint density at radius 2 is 1.50 bits per heavy atom. The van der Waals surface area contributed by atoms with Crippen molar-refractivity contribution in [2.24, 2.45) is 27.9 Å². The molecular weight excluding hydrogens is 508 g/mol. The van der Waals surface area contributed by atoms with Crippen molar-refractivity contribution >= 4 is 41.5 Å². The molecule has 0 aliphatic carbocycles. The molecule has 0 aromatic carbocycles. The molecule has 1 unspecified atom stereocenters. The average Bonchev–Trinajstić information content (AvgIpc) is 2.88. The Kier molecular flexibility index (Phi) is 10.7. The Morgan fingerprint density at radius 3 is 2.08 bits per heavy atom. The molecule has 0 aromatic rings. The number of aliphatic hydroxyl groups is 1. The summed E-state index contributed by atoms with van der Waals surface area (Å²) in [6.07, 6.45) is 0.996. The Bertz CT molecular complexity index is 1020. The first-order valence-electron chi connectivity index (χ1n) is 11.4. The number of hydrogen-bond acceptors (Lipinski definition) is 12. The SMILES string of the molecule is NC[C@@H]1NC(=O)[C@H](CO)NC(=O)[C@H](CN)NC(=O)[C@H](C2CCN=C(N)N2)NC(=O)/C(=C/NC(N)=O)NC1=O. The Hall–Kier alpha value is -4.49. The van der Waals surface area contributed by atoms with E-state index in [0.29, 0.717) is 0 Å². The molecule has 1 saturated heterocycles. The van der Waals surface area contributed by atoms with E-state index >= 15 is 0 Å². The number of hydrogen-bond donors (Lipinski definition) is 12. The van der Waals surface area contributed by atoms with Crippen molar-refractivity contribution in [2.45, 2.75) is 36.6 Å². The smallest absolute Gasteiger partial charge is 0.316 e. The van der Waals surface area contributed by atoms with E-state index in [1.165, 1.54) is 0 Å². The van der Waals surface area contributed by atoms with E-state index in [1.54, 1.807) is 0 Å². The van der Waals surface area contributed by atoms with Gasteiger partial charge in [-0.2, -0.15) is 0 Å². The summed E-state index contributed by atoms with van der Waals surface area (Å²) in [5, 5.41) is 25.9. The highest BCUT2D eigenvalue weighted by atomic mass is 16.3. The highest BCUT2D eigenvalue weighted by Crippen LogP contribution is 2.07. The van der Waals surface area contributed by atoms with Gasteiger partial charge in [-0.05, 0) is 6.42 Å². The molecule has 16 N–H and O–H groups in total. The molecule has 5 atom stereocenters. The maximum Gasteiger partial charge on any atom is 0.316 e. The summed E-state index contributed by atoms with van der Waals surface area (Å²) < 4.78 is 0. The van der Waals surface area contributed by atoms with Crippen molar-refractivity contribution in [3.05, 3.63) is 11.9 Å². The molecule has 7 amide bonds. The van der Waals surface area contributed by atoms with Crippen LogP contribution in [0.25, 0.3) is 0 Å². The van der Waals surface area contributed by atoms with Crippen molar-refractivity contribution < 1.29 is 33.9 Å². The van der Waals surface area contributed by atoms with Crippen molar-refractivity contribution in [3.63, 3.8) is 0 Å². The lowest BCUT2D eigenvalue weighted by Gasteiger charge is -2.31. The van der Waals surface area contributed by atoms with Crippen molar-refractivity contribution in [1.82, 2.24) is 37.2 Å². The number of nitrogens with zero attached hydrogens (tertiary/aromatic N) is 1. The summed E-state index contributed by atoms with van der Waals surface area (Å²) in [6, 6.07) is -7.68. The van der Waals surface area contributed by atoms with E-state index in [1.807, 2.05) is 5.32 Å². The molecule has 0 aromatic heterocycles.